The smallest absolute Gasteiger partial charge is 0.285 e. The Morgan fingerprint density at radius 1 is 1.19 bits per heavy atom. The topological polar surface area (TPSA) is 80.9 Å². The Morgan fingerprint density at radius 2 is 1.94 bits per heavy atom. The van der Waals surface area contributed by atoms with Crippen LogP contribution < -0.4 is 11.3 Å². The molecule has 0 radical (unpaired) electrons. The lowest BCUT2D eigenvalue weighted by atomic mass is 10.1. The number of nitrogens with two attached hydrogens (primary N) is 1. The second kappa shape index (κ2) is 4.50. The summed E-state index contributed by atoms with van der Waals surface area (Å²) in [7, 11) is 0. The fourth-order valence-electron chi connectivity index (χ4n) is 1.34. The van der Waals surface area contributed by atoms with Gasteiger partial charge in [0.05, 0.1) is 6.20 Å². The van der Waals surface area contributed by atoms with E-state index in [0.717, 1.165) is 11.1 Å². The lowest BCUT2D eigenvalue weighted by Crippen LogP contribution is -2.30. The van der Waals surface area contributed by atoms with Crippen molar-refractivity contribution in [3.8, 4) is 11.1 Å². The number of aromatic nitrogens is 2. The van der Waals surface area contributed by atoms with Crippen LogP contribution in [0.4, 0.5) is 0 Å². The minimum absolute atomic E-state index is 0.198. The van der Waals surface area contributed by atoms with Crippen LogP contribution in [0, 0.1) is 0 Å². The van der Waals surface area contributed by atoms with Crippen molar-refractivity contribution in [3.05, 3.63) is 48.3 Å². The first-order valence-corrected chi connectivity index (χ1v) is 4.70. The van der Waals surface area contributed by atoms with Crippen molar-refractivity contribution >= 4 is 5.91 Å². The standard InChI is InChI=1S/C11H10N4O/c12-14-11(16)10-6-9(7-13-15-10)8-4-2-1-3-5-8/h1-7H,12H2,(H,14,16). The zero-order valence-corrected chi connectivity index (χ0v) is 8.42. The van der Waals surface area contributed by atoms with Gasteiger partial charge in [-0.15, -0.1) is 5.10 Å². The highest BCUT2D eigenvalue weighted by Gasteiger charge is 2.07. The summed E-state index contributed by atoms with van der Waals surface area (Å²) in [5.74, 6) is 4.57. The Bertz CT molecular complexity index is 498. The first kappa shape index (κ1) is 10.3. The van der Waals surface area contributed by atoms with Gasteiger partial charge in [-0.25, -0.2) is 5.84 Å². The second-order valence-electron chi connectivity index (χ2n) is 3.17. The van der Waals surface area contributed by atoms with Gasteiger partial charge in [0.25, 0.3) is 5.91 Å². The average Bonchev–Trinajstić information content (AvgIpc) is 2.39. The number of carbonyl (C=O) groups is 1. The molecule has 0 fully saturated rings. The summed E-state index contributed by atoms with van der Waals surface area (Å²) in [6.45, 7) is 0. The molecule has 1 amide bonds. The van der Waals surface area contributed by atoms with Gasteiger partial charge < -0.3 is 0 Å². The van der Waals surface area contributed by atoms with Gasteiger partial charge in [0.15, 0.2) is 5.69 Å². The molecule has 0 spiro atoms. The lowest BCUT2D eigenvalue weighted by molar-refractivity contribution is 0.0947. The van der Waals surface area contributed by atoms with E-state index >= 15 is 0 Å². The molecule has 0 bridgehead atoms. The van der Waals surface area contributed by atoms with Gasteiger partial charge in [-0.3, -0.25) is 10.2 Å². The van der Waals surface area contributed by atoms with Crippen molar-refractivity contribution < 1.29 is 4.79 Å². The van der Waals surface area contributed by atoms with Gasteiger partial charge >= 0.3 is 0 Å². The Kier molecular flexibility index (Phi) is 2.88. The van der Waals surface area contributed by atoms with Crippen LogP contribution in [0.25, 0.3) is 11.1 Å². The summed E-state index contributed by atoms with van der Waals surface area (Å²) >= 11 is 0. The highest BCUT2D eigenvalue weighted by Crippen LogP contribution is 2.17. The minimum Gasteiger partial charge on any atom is -0.289 e. The molecule has 0 saturated carbocycles. The summed E-state index contributed by atoms with van der Waals surface area (Å²) < 4.78 is 0. The van der Waals surface area contributed by atoms with Gasteiger partial charge in [-0.1, -0.05) is 30.3 Å². The number of hydrogen-bond donors (Lipinski definition) is 2. The molecule has 0 saturated heterocycles. The Hall–Kier alpha value is -2.27. The average molecular weight is 214 g/mol. The summed E-state index contributed by atoms with van der Waals surface area (Å²) in [6, 6.07) is 11.3. The van der Waals surface area contributed by atoms with E-state index in [1.807, 2.05) is 35.8 Å². The van der Waals surface area contributed by atoms with Crippen molar-refractivity contribution in [2.45, 2.75) is 0 Å². The molecule has 1 heterocycles. The molecular weight excluding hydrogens is 204 g/mol. The normalized spacial score (nSPS) is 9.81. The molecule has 0 atom stereocenters. The van der Waals surface area contributed by atoms with Crippen LogP contribution in [0.15, 0.2) is 42.6 Å². The SMILES string of the molecule is NNC(=O)c1cc(-c2ccccc2)cnn1. The van der Waals surface area contributed by atoms with Crippen molar-refractivity contribution in [2.24, 2.45) is 5.84 Å². The van der Waals surface area contributed by atoms with Crippen LogP contribution in [0.2, 0.25) is 0 Å². The third-order valence-corrected chi connectivity index (χ3v) is 2.13. The fourth-order valence-corrected chi connectivity index (χ4v) is 1.34. The number of amides is 1. The van der Waals surface area contributed by atoms with Gasteiger partial charge in [0.1, 0.15) is 0 Å². The van der Waals surface area contributed by atoms with Crippen LogP contribution in [0.1, 0.15) is 10.5 Å². The molecule has 2 rings (SSSR count). The summed E-state index contributed by atoms with van der Waals surface area (Å²) in [6.07, 6.45) is 1.60. The number of nitrogen functional groups attached to an aromatic ring is 1. The maximum Gasteiger partial charge on any atom is 0.285 e. The molecular formula is C11H10N4O. The number of rotatable bonds is 2. The molecule has 0 unspecified atom stereocenters. The number of hydrazine groups is 1. The van der Waals surface area contributed by atoms with Crippen LogP contribution in [-0.2, 0) is 0 Å². The summed E-state index contributed by atoms with van der Waals surface area (Å²) in [5.41, 5.74) is 4.02. The molecule has 5 heteroatoms. The maximum absolute atomic E-state index is 11.3. The predicted octanol–water partition coefficient (Wildman–Crippen LogP) is 0.747. The molecule has 2 aromatic rings. The van der Waals surface area contributed by atoms with Crippen LogP contribution >= 0.6 is 0 Å². The first-order chi connectivity index (χ1) is 7.81. The lowest BCUT2D eigenvalue weighted by Gasteiger charge is -2.02. The quantitative estimate of drug-likeness (QED) is 0.439. The zero-order valence-electron chi connectivity index (χ0n) is 8.42. The number of carbonyl (C=O) groups excluding carboxylic acids is 1. The van der Waals surface area contributed by atoms with E-state index in [1.165, 1.54) is 0 Å². The van der Waals surface area contributed by atoms with Gasteiger partial charge in [-0.05, 0) is 11.6 Å². The van der Waals surface area contributed by atoms with E-state index in [0.29, 0.717) is 0 Å². The number of benzene rings is 1. The van der Waals surface area contributed by atoms with E-state index in [4.69, 9.17) is 5.84 Å². The third-order valence-electron chi connectivity index (χ3n) is 2.13. The van der Waals surface area contributed by atoms with Gasteiger partial charge in [-0.2, -0.15) is 5.10 Å². The maximum atomic E-state index is 11.3. The van der Waals surface area contributed by atoms with Crippen LogP contribution in [-0.4, -0.2) is 16.1 Å². The monoisotopic (exact) mass is 214 g/mol. The molecule has 1 aromatic heterocycles. The predicted molar refractivity (Wildman–Crippen MR) is 59.1 cm³/mol. The Labute approximate surface area is 92.3 Å². The zero-order chi connectivity index (χ0) is 11.4. The Balaban J connectivity index is 2.40. The van der Waals surface area contributed by atoms with E-state index < -0.39 is 5.91 Å². The van der Waals surface area contributed by atoms with E-state index in [2.05, 4.69) is 10.2 Å². The molecule has 0 aliphatic heterocycles. The molecule has 0 aliphatic rings. The highest BCUT2D eigenvalue weighted by molar-refractivity contribution is 5.92. The summed E-state index contributed by atoms with van der Waals surface area (Å²) in [4.78, 5) is 11.3. The molecule has 16 heavy (non-hydrogen) atoms. The molecule has 0 aliphatic carbocycles. The van der Waals surface area contributed by atoms with Crippen molar-refractivity contribution in [3.63, 3.8) is 0 Å². The van der Waals surface area contributed by atoms with Gasteiger partial charge in [0.2, 0.25) is 0 Å². The second-order valence-corrected chi connectivity index (χ2v) is 3.17. The molecule has 1 aromatic carbocycles. The molecule has 80 valence electrons. The number of hydrogen-bond acceptors (Lipinski definition) is 4. The van der Waals surface area contributed by atoms with Crippen LogP contribution in [0.3, 0.4) is 0 Å². The Morgan fingerprint density at radius 3 is 2.62 bits per heavy atom. The van der Waals surface area contributed by atoms with Gasteiger partial charge in [0, 0.05) is 5.56 Å². The van der Waals surface area contributed by atoms with Crippen molar-refractivity contribution in [2.75, 3.05) is 0 Å². The van der Waals surface area contributed by atoms with E-state index in [1.54, 1.807) is 12.3 Å². The van der Waals surface area contributed by atoms with Crippen molar-refractivity contribution in [1.82, 2.24) is 15.6 Å². The molecule has 5 nitrogen and oxygen atoms in total. The number of nitrogens with one attached hydrogen (secondary N) is 1. The summed E-state index contributed by atoms with van der Waals surface area (Å²) in [5, 5.41) is 7.46. The fraction of sp³-hybridized carbons (Fsp3) is 0. The highest BCUT2D eigenvalue weighted by atomic mass is 16.2. The number of nitrogens with zero attached hydrogens (tertiary/aromatic N) is 2. The third kappa shape index (κ3) is 2.04. The van der Waals surface area contributed by atoms with Crippen molar-refractivity contribution in [1.29, 1.82) is 0 Å². The first-order valence-electron chi connectivity index (χ1n) is 4.70. The molecule has 3 N–H and O–H groups in total. The van der Waals surface area contributed by atoms with Crippen LogP contribution in [0.5, 0.6) is 0 Å². The largest absolute Gasteiger partial charge is 0.289 e. The minimum atomic E-state index is -0.453. The van der Waals surface area contributed by atoms with E-state index in [-0.39, 0.29) is 5.69 Å². The van der Waals surface area contributed by atoms with E-state index in [9.17, 15) is 4.79 Å².